The van der Waals surface area contributed by atoms with E-state index in [2.05, 4.69) is 4.98 Å². The van der Waals surface area contributed by atoms with Crippen LogP contribution in [0, 0.1) is 0 Å². The monoisotopic (exact) mass is 243 g/mol. The van der Waals surface area contributed by atoms with Crippen LogP contribution < -0.4 is 9.47 Å². The lowest BCUT2D eigenvalue weighted by molar-refractivity contribution is 0.0978. The van der Waals surface area contributed by atoms with Crippen LogP contribution in [0.5, 0.6) is 11.5 Å². The second-order valence-electron chi connectivity index (χ2n) is 4.86. The van der Waals surface area contributed by atoms with Crippen molar-refractivity contribution in [1.29, 1.82) is 0 Å². The van der Waals surface area contributed by atoms with Gasteiger partial charge in [-0.2, -0.15) is 0 Å². The van der Waals surface area contributed by atoms with Crippen molar-refractivity contribution in [1.82, 2.24) is 4.98 Å². The number of Topliss-reactive ketones (excluding diaryl/α,β-unsaturated/α-hetero) is 1. The molecule has 4 heteroatoms. The first-order chi connectivity index (χ1) is 8.83. The van der Waals surface area contributed by atoms with Crippen LogP contribution in [-0.4, -0.2) is 17.6 Å². The van der Waals surface area contributed by atoms with Crippen LogP contribution in [0.25, 0.3) is 10.9 Å². The minimum Gasteiger partial charge on any atom is -0.454 e. The zero-order valence-corrected chi connectivity index (χ0v) is 9.91. The van der Waals surface area contributed by atoms with Gasteiger partial charge in [-0.15, -0.1) is 0 Å². The Morgan fingerprint density at radius 3 is 2.72 bits per heavy atom. The molecule has 0 radical (unpaired) electrons. The van der Waals surface area contributed by atoms with Gasteiger partial charge >= 0.3 is 0 Å². The summed E-state index contributed by atoms with van der Waals surface area (Å²) >= 11 is 0. The van der Waals surface area contributed by atoms with Crippen LogP contribution in [0.4, 0.5) is 0 Å². The fraction of sp³-hybridized carbons (Fsp3) is 0.357. The van der Waals surface area contributed by atoms with Gasteiger partial charge in [-0.3, -0.25) is 4.79 Å². The highest BCUT2D eigenvalue weighted by molar-refractivity contribution is 6.03. The van der Waals surface area contributed by atoms with E-state index >= 15 is 0 Å². The summed E-state index contributed by atoms with van der Waals surface area (Å²) in [5.74, 6) is 1.76. The molecule has 0 amide bonds. The molecule has 1 aliphatic heterocycles. The number of nitrogens with one attached hydrogen (secondary N) is 1. The molecule has 0 atom stereocenters. The lowest BCUT2D eigenvalue weighted by atomic mass is 10.1. The molecule has 0 saturated carbocycles. The molecule has 2 aromatic rings. The number of benzene rings is 1. The summed E-state index contributed by atoms with van der Waals surface area (Å²) in [5.41, 5.74) is 2.90. The van der Waals surface area contributed by atoms with Crippen LogP contribution in [0.15, 0.2) is 12.1 Å². The lowest BCUT2D eigenvalue weighted by Gasteiger charge is -1.99. The molecule has 18 heavy (non-hydrogen) atoms. The number of carbonyl (C=O) groups excluding carboxylic acids is 1. The van der Waals surface area contributed by atoms with E-state index in [-0.39, 0.29) is 12.6 Å². The standard InChI is InChI=1S/C14H13NO3/c16-11-4-2-1-3-8-9-5-12-13(18-7-17-12)6-10(9)15-14(8)11/h5-6,15H,1-4,7H2. The molecular weight excluding hydrogens is 230 g/mol. The molecule has 0 spiro atoms. The number of aromatic nitrogens is 1. The maximum atomic E-state index is 12.0. The minimum absolute atomic E-state index is 0.223. The Kier molecular flexibility index (Phi) is 1.95. The first-order valence-corrected chi connectivity index (χ1v) is 6.30. The van der Waals surface area contributed by atoms with Crippen molar-refractivity contribution in [3.8, 4) is 11.5 Å². The molecule has 92 valence electrons. The summed E-state index contributed by atoms with van der Waals surface area (Å²) < 4.78 is 10.8. The smallest absolute Gasteiger partial charge is 0.231 e. The Morgan fingerprint density at radius 2 is 1.83 bits per heavy atom. The van der Waals surface area contributed by atoms with Crippen molar-refractivity contribution in [2.45, 2.75) is 25.7 Å². The third-order valence-corrected chi connectivity index (χ3v) is 3.76. The Balaban J connectivity index is 1.99. The fourth-order valence-corrected chi connectivity index (χ4v) is 2.85. The number of aryl methyl sites for hydroxylation is 1. The van der Waals surface area contributed by atoms with Gasteiger partial charge in [-0.1, -0.05) is 0 Å². The van der Waals surface area contributed by atoms with Crippen molar-refractivity contribution < 1.29 is 14.3 Å². The van der Waals surface area contributed by atoms with E-state index in [0.29, 0.717) is 6.42 Å². The Morgan fingerprint density at radius 1 is 1.06 bits per heavy atom. The largest absolute Gasteiger partial charge is 0.454 e. The number of ether oxygens (including phenoxy) is 2. The highest BCUT2D eigenvalue weighted by Crippen LogP contribution is 2.39. The maximum absolute atomic E-state index is 12.0. The molecule has 1 N–H and O–H groups in total. The van der Waals surface area contributed by atoms with Gasteiger partial charge in [-0.25, -0.2) is 0 Å². The SMILES string of the molecule is O=C1CCCCc2c1[nH]c1cc3c(cc21)OCO3. The number of rotatable bonds is 0. The molecule has 0 bridgehead atoms. The second kappa shape index (κ2) is 3.51. The Bertz CT molecular complexity index is 657. The summed E-state index contributed by atoms with van der Waals surface area (Å²) in [5, 5.41) is 1.10. The third-order valence-electron chi connectivity index (χ3n) is 3.76. The molecule has 4 rings (SSSR count). The van der Waals surface area contributed by atoms with Crippen LogP contribution in [0.2, 0.25) is 0 Å². The zero-order chi connectivity index (χ0) is 12.1. The Hall–Kier alpha value is -1.97. The number of fused-ring (bicyclic) bond motifs is 4. The number of carbonyl (C=O) groups is 1. The molecule has 4 nitrogen and oxygen atoms in total. The molecule has 0 unspecified atom stereocenters. The number of hydrogen-bond donors (Lipinski definition) is 1. The van der Waals surface area contributed by atoms with Gasteiger partial charge < -0.3 is 14.5 Å². The van der Waals surface area contributed by atoms with E-state index in [0.717, 1.165) is 52.9 Å². The molecule has 0 fully saturated rings. The molecule has 2 heterocycles. The predicted molar refractivity (Wildman–Crippen MR) is 66.3 cm³/mol. The first kappa shape index (κ1) is 10.00. The van der Waals surface area contributed by atoms with Gasteiger partial charge in [0.25, 0.3) is 0 Å². The van der Waals surface area contributed by atoms with E-state index in [9.17, 15) is 4.79 Å². The van der Waals surface area contributed by atoms with E-state index in [1.807, 2.05) is 12.1 Å². The normalized spacial score (nSPS) is 17.9. The molecule has 1 aromatic carbocycles. The molecule has 2 aliphatic rings. The van der Waals surface area contributed by atoms with Crippen molar-refractivity contribution in [3.05, 3.63) is 23.4 Å². The minimum atomic E-state index is 0.223. The quantitative estimate of drug-likeness (QED) is 0.724. The van der Waals surface area contributed by atoms with E-state index in [4.69, 9.17) is 9.47 Å². The molecule has 0 saturated heterocycles. The molecule has 1 aromatic heterocycles. The first-order valence-electron chi connectivity index (χ1n) is 6.30. The summed E-state index contributed by atoms with van der Waals surface area (Å²) in [6.45, 7) is 0.281. The lowest BCUT2D eigenvalue weighted by Crippen LogP contribution is -1.98. The summed E-state index contributed by atoms with van der Waals surface area (Å²) in [7, 11) is 0. The average Bonchev–Trinajstić information content (AvgIpc) is 2.91. The van der Waals surface area contributed by atoms with E-state index < -0.39 is 0 Å². The van der Waals surface area contributed by atoms with E-state index in [1.165, 1.54) is 0 Å². The van der Waals surface area contributed by atoms with Crippen molar-refractivity contribution in [2.75, 3.05) is 6.79 Å². The van der Waals surface area contributed by atoms with E-state index in [1.54, 1.807) is 0 Å². The van der Waals surface area contributed by atoms with Crippen LogP contribution in [0.3, 0.4) is 0 Å². The number of ketones is 1. The number of aromatic amines is 1. The van der Waals surface area contributed by atoms with Gasteiger partial charge in [-0.05, 0) is 30.9 Å². The third kappa shape index (κ3) is 1.29. The van der Waals surface area contributed by atoms with Gasteiger partial charge in [0.2, 0.25) is 6.79 Å². The second-order valence-corrected chi connectivity index (χ2v) is 4.86. The summed E-state index contributed by atoms with van der Waals surface area (Å²) in [6.07, 6.45) is 3.65. The highest BCUT2D eigenvalue weighted by atomic mass is 16.7. The predicted octanol–water partition coefficient (Wildman–Crippen LogP) is 2.81. The molecular formula is C14H13NO3. The van der Waals surface area contributed by atoms with Crippen LogP contribution >= 0.6 is 0 Å². The topological polar surface area (TPSA) is 51.3 Å². The summed E-state index contributed by atoms with van der Waals surface area (Å²) in [4.78, 5) is 15.3. The number of H-pyrrole nitrogens is 1. The van der Waals surface area contributed by atoms with Gasteiger partial charge in [0.15, 0.2) is 17.3 Å². The van der Waals surface area contributed by atoms with Gasteiger partial charge in [0, 0.05) is 17.9 Å². The average molecular weight is 243 g/mol. The van der Waals surface area contributed by atoms with Crippen molar-refractivity contribution in [2.24, 2.45) is 0 Å². The highest BCUT2D eigenvalue weighted by Gasteiger charge is 2.23. The van der Waals surface area contributed by atoms with Crippen LogP contribution in [0.1, 0.15) is 35.3 Å². The van der Waals surface area contributed by atoms with Gasteiger partial charge in [0.1, 0.15) is 0 Å². The summed E-state index contributed by atoms with van der Waals surface area (Å²) in [6, 6.07) is 3.92. The van der Waals surface area contributed by atoms with Crippen molar-refractivity contribution in [3.63, 3.8) is 0 Å². The zero-order valence-electron chi connectivity index (χ0n) is 9.91. The maximum Gasteiger partial charge on any atom is 0.231 e. The van der Waals surface area contributed by atoms with Gasteiger partial charge in [0.05, 0.1) is 11.2 Å². The van der Waals surface area contributed by atoms with Crippen LogP contribution in [-0.2, 0) is 6.42 Å². The molecule has 1 aliphatic carbocycles. The van der Waals surface area contributed by atoms with Crippen molar-refractivity contribution >= 4 is 16.7 Å². The fourth-order valence-electron chi connectivity index (χ4n) is 2.85. The Labute approximate surface area is 104 Å². The number of hydrogen-bond acceptors (Lipinski definition) is 3.